The van der Waals surface area contributed by atoms with Crippen LogP contribution in [0.5, 0.6) is 17.2 Å². The van der Waals surface area contributed by atoms with Gasteiger partial charge in [0, 0.05) is 6.07 Å². The number of nitrogens with zero attached hydrogens (tertiary/aromatic N) is 1. The predicted molar refractivity (Wildman–Crippen MR) is 112 cm³/mol. The van der Waals surface area contributed by atoms with Crippen LogP contribution in [0.25, 0.3) is 0 Å². The van der Waals surface area contributed by atoms with Crippen LogP contribution in [0.15, 0.2) is 71.6 Å². The lowest BCUT2D eigenvalue weighted by Gasteiger charge is -2.25. The Hall–Kier alpha value is -3.26. The zero-order valence-electron chi connectivity index (χ0n) is 16.8. The summed E-state index contributed by atoms with van der Waals surface area (Å²) in [5.74, 6) is 1.17. The first-order valence-corrected chi connectivity index (χ1v) is 10.5. The van der Waals surface area contributed by atoms with Crippen molar-refractivity contribution in [3.8, 4) is 17.2 Å². The highest BCUT2D eigenvalue weighted by Crippen LogP contribution is 2.30. The van der Waals surface area contributed by atoms with E-state index in [1.54, 1.807) is 42.5 Å². The van der Waals surface area contributed by atoms with Gasteiger partial charge in [0.1, 0.15) is 23.1 Å². The molecule has 8 heteroatoms. The molecule has 0 atom stereocenters. The Morgan fingerprint density at radius 2 is 1.30 bits per heavy atom. The monoisotopic (exact) mass is 431 g/mol. The van der Waals surface area contributed by atoms with Crippen molar-refractivity contribution in [2.75, 3.05) is 25.6 Å². The van der Waals surface area contributed by atoms with E-state index in [1.807, 2.05) is 0 Å². The molecule has 0 unspecified atom stereocenters. The van der Waals surface area contributed by atoms with Gasteiger partial charge in [-0.1, -0.05) is 0 Å². The summed E-state index contributed by atoms with van der Waals surface area (Å²) in [5.41, 5.74) is 1.09. The number of rotatable bonds is 8. The lowest BCUT2D eigenvalue weighted by atomic mass is 10.2. The summed E-state index contributed by atoms with van der Waals surface area (Å²) in [4.78, 5) is -0.0189. The van der Waals surface area contributed by atoms with Gasteiger partial charge < -0.3 is 14.2 Å². The Bertz CT molecular complexity index is 1080. The van der Waals surface area contributed by atoms with Crippen LogP contribution in [-0.2, 0) is 16.6 Å². The van der Waals surface area contributed by atoms with Gasteiger partial charge in [-0.2, -0.15) is 0 Å². The third-order valence-corrected chi connectivity index (χ3v) is 6.29. The fourth-order valence-electron chi connectivity index (χ4n) is 2.92. The summed E-state index contributed by atoms with van der Waals surface area (Å²) in [6.45, 7) is 0.0135. The topological polar surface area (TPSA) is 65.1 Å². The molecule has 158 valence electrons. The molecule has 0 aliphatic carbocycles. The van der Waals surface area contributed by atoms with Crippen LogP contribution in [-0.4, -0.2) is 29.7 Å². The van der Waals surface area contributed by atoms with Crippen LogP contribution in [0.1, 0.15) is 5.56 Å². The van der Waals surface area contributed by atoms with Crippen LogP contribution in [0.2, 0.25) is 0 Å². The number of hydrogen-bond acceptors (Lipinski definition) is 5. The molecule has 0 N–H and O–H groups in total. The van der Waals surface area contributed by atoms with Crippen molar-refractivity contribution in [1.29, 1.82) is 0 Å². The van der Waals surface area contributed by atoms with Crippen LogP contribution >= 0.6 is 0 Å². The number of hydrogen-bond donors (Lipinski definition) is 0. The van der Waals surface area contributed by atoms with E-state index in [1.165, 1.54) is 37.8 Å². The van der Waals surface area contributed by atoms with Crippen LogP contribution in [0.4, 0.5) is 10.1 Å². The Morgan fingerprint density at radius 3 is 1.80 bits per heavy atom. The number of sulfonamides is 1. The number of benzene rings is 3. The maximum Gasteiger partial charge on any atom is 0.264 e. The first-order chi connectivity index (χ1) is 14.4. The molecule has 0 spiro atoms. The fraction of sp³-hybridized carbons (Fsp3) is 0.182. The normalized spacial score (nSPS) is 11.1. The molecule has 0 bridgehead atoms. The van der Waals surface area contributed by atoms with Crippen LogP contribution < -0.4 is 18.5 Å². The van der Waals surface area contributed by atoms with Crippen molar-refractivity contribution in [2.45, 2.75) is 11.4 Å². The van der Waals surface area contributed by atoms with Gasteiger partial charge >= 0.3 is 0 Å². The average molecular weight is 431 g/mol. The molecular formula is C22H22FNO5S. The van der Waals surface area contributed by atoms with E-state index in [4.69, 9.17) is 14.2 Å². The molecule has 0 heterocycles. The molecule has 0 aliphatic heterocycles. The summed E-state index contributed by atoms with van der Waals surface area (Å²) in [7, 11) is 0.594. The first-order valence-electron chi connectivity index (χ1n) is 9.01. The number of ether oxygens (including phenoxy) is 3. The Kier molecular flexibility index (Phi) is 6.47. The van der Waals surface area contributed by atoms with Crippen molar-refractivity contribution in [1.82, 2.24) is 0 Å². The smallest absolute Gasteiger partial charge is 0.264 e. The number of anilines is 1. The Labute approximate surface area is 175 Å². The second-order valence-electron chi connectivity index (χ2n) is 6.38. The van der Waals surface area contributed by atoms with Gasteiger partial charge in [0.2, 0.25) is 0 Å². The summed E-state index contributed by atoms with van der Waals surface area (Å²) in [6.07, 6.45) is 0. The molecule has 0 saturated heterocycles. The van der Waals surface area contributed by atoms with Gasteiger partial charge in [0.25, 0.3) is 10.0 Å². The molecule has 30 heavy (non-hydrogen) atoms. The minimum atomic E-state index is -3.98. The lowest BCUT2D eigenvalue weighted by Crippen LogP contribution is -2.30. The minimum absolute atomic E-state index is 0.0135. The summed E-state index contributed by atoms with van der Waals surface area (Å²) in [6, 6.07) is 16.5. The van der Waals surface area contributed by atoms with E-state index in [-0.39, 0.29) is 11.4 Å². The zero-order chi connectivity index (χ0) is 21.7. The van der Waals surface area contributed by atoms with Crippen molar-refractivity contribution < 1.29 is 27.0 Å². The van der Waals surface area contributed by atoms with Gasteiger partial charge in [-0.15, -0.1) is 0 Å². The zero-order valence-corrected chi connectivity index (χ0v) is 17.6. The molecule has 0 saturated carbocycles. The third-order valence-electron chi connectivity index (χ3n) is 4.50. The molecule has 0 aliphatic rings. The van der Waals surface area contributed by atoms with E-state index in [0.29, 0.717) is 28.5 Å². The molecular weight excluding hydrogens is 409 g/mol. The van der Waals surface area contributed by atoms with E-state index in [9.17, 15) is 12.8 Å². The summed E-state index contributed by atoms with van der Waals surface area (Å²) < 4.78 is 57.2. The second-order valence-corrected chi connectivity index (χ2v) is 8.25. The minimum Gasteiger partial charge on any atom is -0.497 e. The number of methoxy groups -OCH3 is 3. The lowest BCUT2D eigenvalue weighted by molar-refractivity contribution is 0.393. The molecule has 0 amide bonds. The molecule has 0 aromatic heterocycles. The van der Waals surface area contributed by atoms with Crippen LogP contribution in [0, 0.1) is 5.82 Å². The molecule has 3 rings (SSSR count). The molecule has 3 aromatic rings. The SMILES string of the molecule is COc1ccc(N(Cc2cc(OC)cc(OC)c2)S(=O)(=O)c2ccc(F)cc2)cc1. The quantitative estimate of drug-likeness (QED) is 0.534. The van der Waals surface area contributed by atoms with E-state index in [2.05, 4.69) is 0 Å². The average Bonchev–Trinajstić information content (AvgIpc) is 2.77. The highest BCUT2D eigenvalue weighted by atomic mass is 32.2. The Morgan fingerprint density at radius 1 is 0.767 bits per heavy atom. The van der Waals surface area contributed by atoms with Crippen molar-refractivity contribution in [2.24, 2.45) is 0 Å². The van der Waals surface area contributed by atoms with Gasteiger partial charge in [-0.25, -0.2) is 12.8 Å². The Balaban J connectivity index is 2.08. The maximum absolute atomic E-state index is 13.4. The van der Waals surface area contributed by atoms with Gasteiger partial charge in [-0.3, -0.25) is 4.31 Å². The molecule has 6 nitrogen and oxygen atoms in total. The van der Waals surface area contributed by atoms with E-state index >= 15 is 0 Å². The van der Waals surface area contributed by atoms with Crippen LogP contribution in [0.3, 0.4) is 0 Å². The van der Waals surface area contributed by atoms with Gasteiger partial charge in [-0.05, 0) is 66.2 Å². The third kappa shape index (κ3) is 4.65. The highest BCUT2D eigenvalue weighted by Gasteiger charge is 2.26. The van der Waals surface area contributed by atoms with Crippen molar-refractivity contribution in [3.63, 3.8) is 0 Å². The molecule has 0 radical (unpaired) electrons. The second kappa shape index (κ2) is 9.04. The van der Waals surface area contributed by atoms with E-state index in [0.717, 1.165) is 12.1 Å². The van der Waals surface area contributed by atoms with Gasteiger partial charge in [0.15, 0.2) is 0 Å². The standard InChI is InChI=1S/C22H22FNO5S/c1-27-19-8-6-18(7-9-19)24(30(25,26)22-10-4-17(23)5-11-22)15-16-12-20(28-2)14-21(13-16)29-3/h4-14H,15H2,1-3H3. The van der Waals surface area contributed by atoms with E-state index < -0.39 is 15.8 Å². The summed E-state index contributed by atoms with van der Waals surface area (Å²) in [5, 5.41) is 0. The first kappa shape index (κ1) is 21.4. The van der Waals surface area contributed by atoms with Crippen molar-refractivity contribution in [3.05, 3.63) is 78.1 Å². The molecule has 0 fully saturated rings. The molecule has 3 aromatic carbocycles. The maximum atomic E-state index is 13.4. The number of halogens is 1. The highest BCUT2D eigenvalue weighted by molar-refractivity contribution is 7.92. The summed E-state index contributed by atoms with van der Waals surface area (Å²) >= 11 is 0. The fourth-order valence-corrected chi connectivity index (χ4v) is 4.37. The largest absolute Gasteiger partial charge is 0.497 e. The predicted octanol–water partition coefficient (Wildman–Crippen LogP) is 4.25. The van der Waals surface area contributed by atoms with Gasteiger partial charge in [0.05, 0.1) is 38.5 Å². The van der Waals surface area contributed by atoms with Crippen molar-refractivity contribution >= 4 is 15.7 Å².